The van der Waals surface area contributed by atoms with Crippen LogP contribution in [0, 0.1) is 0 Å². The minimum atomic E-state index is -0.125. The number of hydrogen-bond donors (Lipinski definition) is 2. The fourth-order valence-electron chi connectivity index (χ4n) is 1.82. The zero-order valence-electron chi connectivity index (χ0n) is 10.7. The molecule has 0 spiro atoms. The average molecular weight is 415 g/mol. The van der Waals surface area contributed by atoms with Crippen molar-refractivity contribution in [3.63, 3.8) is 0 Å². The van der Waals surface area contributed by atoms with E-state index in [0.29, 0.717) is 5.56 Å². The number of hydrogen-bond acceptors (Lipinski definition) is 2. The van der Waals surface area contributed by atoms with Gasteiger partial charge < -0.3 is 5.32 Å². The van der Waals surface area contributed by atoms with E-state index in [4.69, 9.17) is 0 Å². The van der Waals surface area contributed by atoms with E-state index in [1.54, 1.807) is 6.07 Å². The maximum Gasteiger partial charge on any atom is 0.252 e. The molecular formula is C15H13Br2NOS. The second-order valence-corrected chi connectivity index (χ2v) is 6.70. The number of carbonyl (C=O) groups is 1. The van der Waals surface area contributed by atoms with E-state index < -0.39 is 0 Å². The van der Waals surface area contributed by atoms with Crippen LogP contribution in [0.3, 0.4) is 0 Å². The number of rotatable bonds is 3. The molecule has 1 amide bonds. The van der Waals surface area contributed by atoms with Crippen LogP contribution in [0.15, 0.2) is 56.3 Å². The Kier molecular flexibility index (Phi) is 5.29. The van der Waals surface area contributed by atoms with Crippen LogP contribution < -0.4 is 5.32 Å². The van der Waals surface area contributed by atoms with Crippen LogP contribution in [-0.2, 0) is 0 Å². The maximum atomic E-state index is 12.3. The van der Waals surface area contributed by atoms with Gasteiger partial charge >= 0.3 is 0 Å². The van der Waals surface area contributed by atoms with Crippen molar-refractivity contribution in [2.24, 2.45) is 0 Å². The molecular weight excluding hydrogens is 402 g/mol. The molecule has 0 saturated heterocycles. The highest BCUT2D eigenvalue weighted by atomic mass is 79.9. The van der Waals surface area contributed by atoms with Crippen LogP contribution in [0.25, 0.3) is 0 Å². The molecule has 20 heavy (non-hydrogen) atoms. The normalized spacial score (nSPS) is 12.0. The van der Waals surface area contributed by atoms with Gasteiger partial charge in [-0.3, -0.25) is 4.79 Å². The average Bonchev–Trinajstić information content (AvgIpc) is 2.41. The molecule has 0 aliphatic rings. The van der Waals surface area contributed by atoms with E-state index in [0.717, 1.165) is 19.4 Å². The first-order valence-electron chi connectivity index (χ1n) is 6.02. The summed E-state index contributed by atoms with van der Waals surface area (Å²) < 4.78 is 1.75. The van der Waals surface area contributed by atoms with Crippen molar-refractivity contribution in [1.29, 1.82) is 0 Å². The summed E-state index contributed by atoms with van der Waals surface area (Å²) in [6.45, 7) is 1.96. The van der Waals surface area contributed by atoms with Crippen molar-refractivity contribution in [2.75, 3.05) is 0 Å². The van der Waals surface area contributed by atoms with Gasteiger partial charge in [0.05, 0.1) is 11.6 Å². The molecule has 2 aromatic carbocycles. The van der Waals surface area contributed by atoms with Crippen LogP contribution in [0.2, 0.25) is 0 Å². The van der Waals surface area contributed by atoms with Gasteiger partial charge in [0, 0.05) is 13.8 Å². The zero-order valence-corrected chi connectivity index (χ0v) is 14.8. The monoisotopic (exact) mass is 413 g/mol. The first-order valence-corrected chi connectivity index (χ1v) is 8.05. The largest absolute Gasteiger partial charge is 0.345 e. The minimum absolute atomic E-state index is 0.0736. The smallest absolute Gasteiger partial charge is 0.252 e. The Morgan fingerprint density at radius 3 is 2.65 bits per heavy atom. The zero-order chi connectivity index (χ0) is 14.7. The number of thiol groups is 1. The molecule has 1 unspecified atom stereocenters. The van der Waals surface area contributed by atoms with Crippen molar-refractivity contribution in [3.8, 4) is 0 Å². The van der Waals surface area contributed by atoms with Crippen LogP contribution >= 0.6 is 44.5 Å². The van der Waals surface area contributed by atoms with E-state index in [2.05, 4.69) is 49.8 Å². The molecule has 104 valence electrons. The Bertz CT molecular complexity index is 646. The summed E-state index contributed by atoms with van der Waals surface area (Å²) in [5, 5.41) is 2.98. The molecule has 2 aromatic rings. The van der Waals surface area contributed by atoms with Gasteiger partial charge in [0.2, 0.25) is 0 Å². The predicted octanol–water partition coefficient (Wildman–Crippen LogP) is 4.99. The molecule has 0 radical (unpaired) electrons. The highest BCUT2D eigenvalue weighted by molar-refractivity contribution is 9.10. The molecule has 2 nitrogen and oxygen atoms in total. The quantitative estimate of drug-likeness (QED) is 0.680. The summed E-state index contributed by atoms with van der Waals surface area (Å²) in [6.07, 6.45) is 0. The number of amides is 1. The first kappa shape index (κ1) is 15.6. The summed E-state index contributed by atoms with van der Waals surface area (Å²) in [7, 11) is 0. The lowest BCUT2D eigenvalue weighted by molar-refractivity contribution is 0.0939. The Labute approximate surface area is 140 Å². The number of halogens is 2. The molecule has 0 aliphatic heterocycles. The Hall–Kier alpha value is -0.780. The van der Waals surface area contributed by atoms with Crippen LogP contribution in [0.4, 0.5) is 0 Å². The summed E-state index contributed by atoms with van der Waals surface area (Å²) in [5.41, 5.74) is 1.63. The van der Waals surface area contributed by atoms with Gasteiger partial charge in [-0.1, -0.05) is 28.1 Å². The Balaban J connectivity index is 2.17. The van der Waals surface area contributed by atoms with E-state index in [-0.39, 0.29) is 11.9 Å². The van der Waals surface area contributed by atoms with E-state index >= 15 is 0 Å². The van der Waals surface area contributed by atoms with Gasteiger partial charge in [-0.25, -0.2) is 0 Å². The Morgan fingerprint density at radius 1 is 1.20 bits per heavy atom. The van der Waals surface area contributed by atoms with Gasteiger partial charge in [0.25, 0.3) is 5.91 Å². The summed E-state index contributed by atoms with van der Waals surface area (Å²) >= 11 is 11.1. The van der Waals surface area contributed by atoms with Crippen molar-refractivity contribution in [2.45, 2.75) is 17.9 Å². The van der Waals surface area contributed by atoms with E-state index in [9.17, 15) is 4.79 Å². The second-order valence-electron chi connectivity index (χ2n) is 4.41. The molecule has 0 saturated carbocycles. The molecule has 0 fully saturated rings. The molecule has 0 heterocycles. The van der Waals surface area contributed by atoms with Crippen molar-refractivity contribution in [3.05, 3.63) is 62.5 Å². The lowest BCUT2D eigenvalue weighted by atomic mass is 10.1. The van der Waals surface area contributed by atoms with Crippen LogP contribution in [0.1, 0.15) is 28.9 Å². The summed E-state index contributed by atoms with van der Waals surface area (Å²) in [5.74, 6) is -0.125. The summed E-state index contributed by atoms with van der Waals surface area (Å²) in [6, 6.07) is 13.2. The maximum absolute atomic E-state index is 12.3. The fourth-order valence-corrected chi connectivity index (χ4v) is 2.87. The highest BCUT2D eigenvalue weighted by Crippen LogP contribution is 2.22. The lowest BCUT2D eigenvalue weighted by Crippen LogP contribution is -2.27. The molecule has 5 heteroatoms. The minimum Gasteiger partial charge on any atom is -0.345 e. The van der Waals surface area contributed by atoms with Crippen molar-refractivity contribution < 1.29 is 4.79 Å². The molecule has 0 aromatic heterocycles. The molecule has 1 N–H and O–H groups in total. The SMILES string of the molecule is CC(NC(=O)c1cc(S)ccc1Br)c1cccc(Br)c1. The number of benzene rings is 2. The molecule has 0 bridgehead atoms. The van der Waals surface area contributed by atoms with Gasteiger partial charge in [0.15, 0.2) is 0 Å². The van der Waals surface area contributed by atoms with Gasteiger partial charge in [-0.2, -0.15) is 0 Å². The number of nitrogens with one attached hydrogen (secondary N) is 1. The number of carbonyl (C=O) groups excluding carboxylic acids is 1. The first-order chi connectivity index (χ1) is 9.47. The fraction of sp³-hybridized carbons (Fsp3) is 0.133. The highest BCUT2D eigenvalue weighted by Gasteiger charge is 2.14. The molecule has 0 aliphatic carbocycles. The molecule has 1 atom stereocenters. The molecule has 2 rings (SSSR count). The van der Waals surface area contributed by atoms with Gasteiger partial charge in [-0.05, 0) is 58.7 Å². The standard InChI is InChI=1S/C15H13Br2NOS/c1-9(10-3-2-4-11(16)7-10)18-15(19)13-8-12(20)5-6-14(13)17/h2-9,20H,1H3,(H,18,19). The third-order valence-corrected chi connectivity index (χ3v) is 4.35. The Morgan fingerprint density at radius 2 is 1.95 bits per heavy atom. The van der Waals surface area contributed by atoms with Gasteiger partial charge in [-0.15, -0.1) is 12.6 Å². The van der Waals surface area contributed by atoms with Crippen molar-refractivity contribution in [1.82, 2.24) is 5.32 Å². The van der Waals surface area contributed by atoms with E-state index in [1.807, 2.05) is 43.3 Å². The van der Waals surface area contributed by atoms with E-state index in [1.165, 1.54) is 0 Å². The van der Waals surface area contributed by atoms with Crippen molar-refractivity contribution >= 4 is 50.4 Å². The van der Waals surface area contributed by atoms with Crippen LogP contribution in [0.5, 0.6) is 0 Å². The lowest BCUT2D eigenvalue weighted by Gasteiger charge is -2.15. The third kappa shape index (κ3) is 3.87. The second kappa shape index (κ2) is 6.78. The van der Waals surface area contributed by atoms with Crippen LogP contribution in [-0.4, -0.2) is 5.91 Å². The topological polar surface area (TPSA) is 29.1 Å². The van der Waals surface area contributed by atoms with Gasteiger partial charge in [0.1, 0.15) is 0 Å². The third-order valence-electron chi connectivity index (χ3n) is 2.89. The predicted molar refractivity (Wildman–Crippen MR) is 91.4 cm³/mol. The summed E-state index contributed by atoms with van der Waals surface area (Å²) in [4.78, 5) is 13.1.